The minimum atomic E-state index is -3.46. The van der Waals surface area contributed by atoms with Crippen LogP contribution in [0.2, 0.25) is 5.02 Å². The standard InChI is InChI=1S/C17H23ClN4O2S2/c1-3-19-17(22-13(2)14-7-4-5-8-15(14)18)20-10-11-21-26(23,24)16-9-6-12-25-16/h4-9,12-13,21H,3,10-11H2,1-2H3,(H2,19,20,22). The third kappa shape index (κ3) is 5.98. The highest BCUT2D eigenvalue weighted by Crippen LogP contribution is 2.21. The van der Waals surface area contributed by atoms with Crippen LogP contribution in [0.25, 0.3) is 0 Å². The van der Waals surface area contributed by atoms with Gasteiger partial charge in [-0.2, -0.15) is 0 Å². The van der Waals surface area contributed by atoms with Gasteiger partial charge in [0.25, 0.3) is 0 Å². The smallest absolute Gasteiger partial charge is 0.250 e. The second kappa shape index (κ2) is 9.91. The number of nitrogens with one attached hydrogen (secondary N) is 3. The molecule has 0 aliphatic heterocycles. The van der Waals surface area contributed by atoms with Crippen LogP contribution in [-0.2, 0) is 10.0 Å². The second-order valence-electron chi connectivity index (χ2n) is 5.48. The lowest BCUT2D eigenvalue weighted by Crippen LogP contribution is -2.39. The van der Waals surface area contributed by atoms with Crippen LogP contribution in [0.5, 0.6) is 0 Å². The molecule has 9 heteroatoms. The van der Waals surface area contributed by atoms with Gasteiger partial charge in [-0.25, -0.2) is 13.1 Å². The number of aliphatic imine (C=N–C) groups is 1. The third-order valence-electron chi connectivity index (χ3n) is 3.50. The Morgan fingerprint density at radius 3 is 2.69 bits per heavy atom. The lowest BCUT2D eigenvalue weighted by Gasteiger charge is -2.19. The Labute approximate surface area is 163 Å². The van der Waals surface area contributed by atoms with Crippen molar-refractivity contribution in [3.8, 4) is 0 Å². The fraction of sp³-hybridized carbons (Fsp3) is 0.353. The molecule has 0 spiro atoms. The summed E-state index contributed by atoms with van der Waals surface area (Å²) >= 11 is 7.42. The van der Waals surface area contributed by atoms with Gasteiger partial charge in [-0.3, -0.25) is 4.99 Å². The van der Waals surface area contributed by atoms with Gasteiger partial charge >= 0.3 is 0 Å². The highest BCUT2D eigenvalue weighted by molar-refractivity contribution is 7.91. The molecule has 0 saturated carbocycles. The Hall–Kier alpha value is -1.61. The van der Waals surface area contributed by atoms with Gasteiger partial charge in [-0.15, -0.1) is 11.3 Å². The van der Waals surface area contributed by atoms with Gasteiger partial charge in [0.05, 0.1) is 12.6 Å². The molecular weight excluding hydrogens is 392 g/mol. The van der Waals surface area contributed by atoms with Crippen molar-refractivity contribution in [2.45, 2.75) is 24.1 Å². The van der Waals surface area contributed by atoms with Gasteiger partial charge in [-0.1, -0.05) is 35.9 Å². The van der Waals surface area contributed by atoms with E-state index in [4.69, 9.17) is 11.6 Å². The molecule has 6 nitrogen and oxygen atoms in total. The number of halogens is 1. The topological polar surface area (TPSA) is 82.6 Å². The van der Waals surface area contributed by atoms with Crippen LogP contribution in [-0.4, -0.2) is 34.0 Å². The predicted octanol–water partition coefficient (Wildman–Crippen LogP) is 3.00. The normalized spacial score (nSPS) is 13.4. The van der Waals surface area contributed by atoms with Crippen LogP contribution in [0.15, 0.2) is 51.0 Å². The van der Waals surface area contributed by atoms with Gasteiger partial charge in [0.1, 0.15) is 4.21 Å². The van der Waals surface area contributed by atoms with Crippen LogP contribution in [0.3, 0.4) is 0 Å². The molecule has 1 atom stereocenters. The van der Waals surface area contributed by atoms with Crippen molar-refractivity contribution in [2.75, 3.05) is 19.6 Å². The molecular formula is C17H23ClN4O2S2. The molecule has 1 unspecified atom stereocenters. The van der Waals surface area contributed by atoms with E-state index >= 15 is 0 Å². The van der Waals surface area contributed by atoms with Gasteiger partial charge in [0.2, 0.25) is 10.0 Å². The quantitative estimate of drug-likeness (QED) is 0.352. The molecule has 2 rings (SSSR count). The van der Waals surface area contributed by atoms with Gasteiger partial charge in [-0.05, 0) is 36.9 Å². The minimum absolute atomic E-state index is 0.0377. The lowest BCUT2D eigenvalue weighted by molar-refractivity contribution is 0.584. The SMILES string of the molecule is CCNC(=NCCNS(=O)(=O)c1cccs1)NC(C)c1ccccc1Cl. The van der Waals surface area contributed by atoms with Crippen molar-refractivity contribution in [1.29, 1.82) is 0 Å². The molecule has 0 bridgehead atoms. The molecule has 0 saturated heterocycles. The molecule has 0 amide bonds. The van der Waals surface area contributed by atoms with E-state index in [-0.39, 0.29) is 12.6 Å². The average Bonchev–Trinajstić information content (AvgIpc) is 3.14. The van der Waals surface area contributed by atoms with Crippen molar-refractivity contribution in [1.82, 2.24) is 15.4 Å². The minimum Gasteiger partial charge on any atom is -0.357 e. The molecule has 2 aromatic rings. The second-order valence-corrected chi connectivity index (χ2v) is 8.83. The Balaban J connectivity index is 1.93. The van der Waals surface area contributed by atoms with Crippen molar-refractivity contribution < 1.29 is 8.42 Å². The summed E-state index contributed by atoms with van der Waals surface area (Å²) in [5.74, 6) is 0.607. The summed E-state index contributed by atoms with van der Waals surface area (Å²) < 4.78 is 27.0. The zero-order chi connectivity index (χ0) is 19.0. The van der Waals surface area contributed by atoms with Crippen molar-refractivity contribution in [3.05, 3.63) is 52.4 Å². The van der Waals surface area contributed by atoms with Gasteiger partial charge < -0.3 is 10.6 Å². The zero-order valence-corrected chi connectivity index (χ0v) is 17.1. The molecule has 1 aromatic heterocycles. The average molecular weight is 415 g/mol. The van der Waals surface area contributed by atoms with E-state index in [1.54, 1.807) is 17.5 Å². The molecule has 142 valence electrons. The molecule has 3 N–H and O–H groups in total. The van der Waals surface area contributed by atoms with E-state index in [2.05, 4.69) is 20.3 Å². The molecule has 0 aliphatic carbocycles. The molecule has 1 aromatic carbocycles. The number of nitrogens with zero attached hydrogens (tertiary/aromatic N) is 1. The summed E-state index contributed by atoms with van der Waals surface area (Å²) in [6.07, 6.45) is 0. The van der Waals surface area contributed by atoms with Crippen LogP contribution in [0.1, 0.15) is 25.5 Å². The van der Waals surface area contributed by atoms with E-state index < -0.39 is 10.0 Å². The summed E-state index contributed by atoms with van der Waals surface area (Å²) in [5.41, 5.74) is 0.971. The number of benzene rings is 1. The first kappa shape index (κ1) is 20.7. The Morgan fingerprint density at radius 2 is 2.04 bits per heavy atom. The summed E-state index contributed by atoms with van der Waals surface area (Å²) in [6.45, 7) is 5.19. The molecule has 0 aliphatic rings. The van der Waals surface area contributed by atoms with Gasteiger partial charge in [0, 0.05) is 18.1 Å². The molecule has 1 heterocycles. The number of thiophene rings is 1. The van der Waals surface area contributed by atoms with E-state index in [0.717, 1.165) is 5.56 Å². The van der Waals surface area contributed by atoms with Crippen LogP contribution in [0.4, 0.5) is 0 Å². The maximum atomic E-state index is 12.1. The number of rotatable bonds is 8. The lowest BCUT2D eigenvalue weighted by atomic mass is 10.1. The number of sulfonamides is 1. The Morgan fingerprint density at radius 1 is 1.27 bits per heavy atom. The summed E-state index contributed by atoms with van der Waals surface area (Å²) in [4.78, 5) is 4.42. The Bertz CT molecular complexity index is 823. The first-order chi connectivity index (χ1) is 12.4. The Kier molecular flexibility index (Phi) is 7.89. The zero-order valence-electron chi connectivity index (χ0n) is 14.7. The van der Waals surface area contributed by atoms with E-state index in [0.29, 0.717) is 28.3 Å². The molecule has 0 radical (unpaired) electrons. The van der Waals surface area contributed by atoms with Crippen LogP contribution in [0, 0.1) is 0 Å². The highest BCUT2D eigenvalue weighted by atomic mass is 35.5. The summed E-state index contributed by atoms with van der Waals surface area (Å²) in [5, 5.41) is 8.85. The summed E-state index contributed by atoms with van der Waals surface area (Å²) in [6, 6.07) is 10.9. The molecule has 26 heavy (non-hydrogen) atoms. The van der Waals surface area contributed by atoms with Gasteiger partial charge in [0.15, 0.2) is 5.96 Å². The van der Waals surface area contributed by atoms with Crippen molar-refractivity contribution >= 4 is 38.9 Å². The number of hydrogen-bond donors (Lipinski definition) is 3. The first-order valence-corrected chi connectivity index (χ1v) is 11.0. The predicted molar refractivity (Wildman–Crippen MR) is 108 cm³/mol. The number of guanidine groups is 1. The van der Waals surface area contributed by atoms with Crippen molar-refractivity contribution in [3.63, 3.8) is 0 Å². The fourth-order valence-corrected chi connectivity index (χ4v) is 4.62. The van der Waals surface area contributed by atoms with E-state index in [1.807, 2.05) is 38.1 Å². The monoisotopic (exact) mass is 414 g/mol. The fourth-order valence-electron chi connectivity index (χ4n) is 2.26. The van der Waals surface area contributed by atoms with Crippen molar-refractivity contribution in [2.24, 2.45) is 4.99 Å². The number of hydrogen-bond acceptors (Lipinski definition) is 4. The maximum Gasteiger partial charge on any atom is 0.250 e. The van der Waals surface area contributed by atoms with E-state index in [1.165, 1.54) is 11.3 Å². The summed E-state index contributed by atoms with van der Waals surface area (Å²) in [7, 11) is -3.46. The highest BCUT2D eigenvalue weighted by Gasteiger charge is 2.14. The molecule has 0 fully saturated rings. The third-order valence-corrected chi connectivity index (χ3v) is 6.71. The van der Waals surface area contributed by atoms with Crippen LogP contribution < -0.4 is 15.4 Å². The van der Waals surface area contributed by atoms with E-state index in [9.17, 15) is 8.42 Å². The largest absolute Gasteiger partial charge is 0.357 e. The van der Waals surface area contributed by atoms with Crippen LogP contribution >= 0.6 is 22.9 Å². The maximum absolute atomic E-state index is 12.1. The first-order valence-electron chi connectivity index (χ1n) is 8.26.